The fourth-order valence-corrected chi connectivity index (χ4v) is 2.98. The molecule has 1 N–H and O–H groups in total. The van der Waals surface area contributed by atoms with Crippen molar-refractivity contribution in [2.45, 2.75) is 37.1 Å². The van der Waals surface area contributed by atoms with Gasteiger partial charge in [0.25, 0.3) is 5.91 Å². The van der Waals surface area contributed by atoms with Gasteiger partial charge < -0.3 is 10.0 Å². The van der Waals surface area contributed by atoms with Gasteiger partial charge in [0, 0.05) is 17.0 Å². The number of carbonyl (C=O) groups is 2. The van der Waals surface area contributed by atoms with Crippen molar-refractivity contribution in [3.8, 4) is 0 Å². The van der Waals surface area contributed by atoms with E-state index in [0.29, 0.717) is 18.5 Å². The second-order valence-electron chi connectivity index (χ2n) is 5.03. The van der Waals surface area contributed by atoms with Crippen molar-refractivity contribution in [1.82, 2.24) is 4.90 Å². The van der Waals surface area contributed by atoms with Crippen LogP contribution in [0.25, 0.3) is 0 Å². The molecule has 0 bridgehead atoms. The van der Waals surface area contributed by atoms with Crippen LogP contribution >= 0.6 is 11.8 Å². The molecule has 1 saturated heterocycles. The van der Waals surface area contributed by atoms with Crippen LogP contribution in [0.5, 0.6) is 0 Å². The van der Waals surface area contributed by atoms with Crippen molar-refractivity contribution in [3.05, 3.63) is 29.3 Å². The molecular formula is C15H19NO3S. The standard InChI is InChI=1S/C15H19NO3S/c1-10-6-7-11(20-2)9-12(10)14(17)16-8-4-3-5-13(16)15(18)19/h6-7,9,13H,3-5,8H2,1-2H3,(H,18,19). The lowest BCUT2D eigenvalue weighted by Gasteiger charge is -2.33. The van der Waals surface area contributed by atoms with E-state index in [1.807, 2.05) is 31.4 Å². The molecule has 1 atom stereocenters. The maximum Gasteiger partial charge on any atom is 0.326 e. The van der Waals surface area contributed by atoms with Crippen LogP contribution in [0.1, 0.15) is 35.2 Å². The minimum Gasteiger partial charge on any atom is -0.480 e. The molecule has 1 aromatic rings. The van der Waals surface area contributed by atoms with Crippen molar-refractivity contribution in [1.29, 1.82) is 0 Å². The van der Waals surface area contributed by atoms with E-state index in [9.17, 15) is 14.7 Å². The van der Waals surface area contributed by atoms with Gasteiger partial charge in [-0.1, -0.05) is 6.07 Å². The van der Waals surface area contributed by atoms with Crippen molar-refractivity contribution in [2.24, 2.45) is 0 Å². The fourth-order valence-electron chi connectivity index (χ4n) is 2.54. The summed E-state index contributed by atoms with van der Waals surface area (Å²) in [7, 11) is 0. The Kier molecular flexibility index (Phi) is 4.70. The van der Waals surface area contributed by atoms with Crippen LogP contribution < -0.4 is 0 Å². The molecule has 1 unspecified atom stereocenters. The number of carboxylic acids is 1. The van der Waals surface area contributed by atoms with Crippen LogP contribution in [0.4, 0.5) is 0 Å². The van der Waals surface area contributed by atoms with Crippen molar-refractivity contribution in [3.63, 3.8) is 0 Å². The average Bonchev–Trinajstić information content (AvgIpc) is 2.47. The number of carboxylic acid groups (broad SMARTS) is 1. The number of aryl methyl sites for hydroxylation is 1. The van der Waals surface area contributed by atoms with E-state index in [4.69, 9.17) is 0 Å². The molecule has 108 valence electrons. The third-order valence-electron chi connectivity index (χ3n) is 3.72. The third kappa shape index (κ3) is 2.98. The van der Waals surface area contributed by atoms with Crippen LogP contribution in [0, 0.1) is 6.92 Å². The average molecular weight is 293 g/mol. The molecule has 5 heteroatoms. The molecule has 1 fully saturated rings. The maximum absolute atomic E-state index is 12.7. The molecule has 0 aliphatic carbocycles. The summed E-state index contributed by atoms with van der Waals surface area (Å²) in [4.78, 5) is 26.5. The van der Waals surface area contributed by atoms with E-state index < -0.39 is 12.0 Å². The predicted molar refractivity (Wildman–Crippen MR) is 79.3 cm³/mol. The zero-order valence-electron chi connectivity index (χ0n) is 11.8. The van der Waals surface area contributed by atoms with Gasteiger partial charge in [-0.05, 0) is 50.1 Å². The van der Waals surface area contributed by atoms with E-state index in [1.54, 1.807) is 11.8 Å². The Morgan fingerprint density at radius 2 is 2.10 bits per heavy atom. The Balaban J connectivity index is 2.31. The van der Waals surface area contributed by atoms with Crippen LogP contribution in [0.3, 0.4) is 0 Å². The van der Waals surface area contributed by atoms with Gasteiger partial charge in [-0.15, -0.1) is 11.8 Å². The van der Waals surface area contributed by atoms with Gasteiger partial charge in [-0.3, -0.25) is 4.79 Å². The van der Waals surface area contributed by atoms with Crippen LogP contribution in [-0.4, -0.2) is 40.7 Å². The summed E-state index contributed by atoms with van der Waals surface area (Å²) in [6.07, 6.45) is 4.24. The number of carbonyl (C=O) groups excluding carboxylic acids is 1. The number of aliphatic carboxylic acids is 1. The quantitative estimate of drug-likeness (QED) is 0.871. The topological polar surface area (TPSA) is 57.6 Å². The zero-order valence-corrected chi connectivity index (χ0v) is 12.6. The van der Waals surface area contributed by atoms with Crippen LogP contribution in [0.2, 0.25) is 0 Å². The van der Waals surface area contributed by atoms with E-state index >= 15 is 0 Å². The Morgan fingerprint density at radius 3 is 2.75 bits per heavy atom. The molecule has 0 spiro atoms. The highest BCUT2D eigenvalue weighted by atomic mass is 32.2. The molecule has 1 aromatic carbocycles. The number of likely N-dealkylation sites (tertiary alicyclic amines) is 1. The summed E-state index contributed by atoms with van der Waals surface area (Å²) in [6.45, 7) is 2.41. The second kappa shape index (κ2) is 6.31. The summed E-state index contributed by atoms with van der Waals surface area (Å²) >= 11 is 1.58. The number of piperidine rings is 1. The maximum atomic E-state index is 12.7. The number of amides is 1. The number of rotatable bonds is 3. The highest BCUT2D eigenvalue weighted by Gasteiger charge is 2.32. The molecule has 0 saturated carbocycles. The van der Waals surface area contributed by atoms with Gasteiger partial charge in [0.15, 0.2) is 0 Å². The van der Waals surface area contributed by atoms with E-state index in [1.165, 1.54) is 4.90 Å². The first kappa shape index (κ1) is 14.9. The Morgan fingerprint density at radius 1 is 1.35 bits per heavy atom. The van der Waals surface area contributed by atoms with Crippen molar-refractivity contribution in [2.75, 3.05) is 12.8 Å². The molecular weight excluding hydrogens is 274 g/mol. The molecule has 20 heavy (non-hydrogen) atoms. The number of hydrogen-bond donors (Lipinski definition) is 1. The minimum atomic E-state index is -0.906. The molecule has 1 aliphatic rings. The van der Waals surface area contributed by atoms with Crippen molar-refractivity contribution < 1.29 is 14.7 Å². The monoisotopic (exact) mass is 293 g/mol. The van der Waals surface area contributed by atoms with Gasteiger partial charge in [0.05, 0.1) is 0 Å². The molecule has 0 aromatic heterocycles. The lowest BCUT2D eigenvalue weighted by molar-refractivity contribution is -0.143. The highest BCUT2D eigenvalue weighted by Crippen LogP contribution is 2.24. The largest absolute Gasteiger partial charge is 0.480 e. The zero-order chi connectivity index (χ0) is 14.7. The van der Waals surface area contributed by atoms with Gasteiger partial charge in [-0.2, -0.15) is 0 Å². The Labute approximate surface area is 123 Å². The highest BCUT2D eigenvalue weighted by molar-refractivity contribution is 7.98. The summed E-state index contributed by atoms with van der Waals surface area (Å²) in [5, 5.41) is 9.28. The van der Waals surface area contributed by atoms with E-state index in [-0.39, 0.29) is 5.91 Å². The Bertz CT molecular complexity index is 530. The normalized spacial score (nSPS) is 18.9. The van der Waals surface area contributed by atoms with Crippen LogP contribution in [0.15, 0.2) is 23.1 Å². The summed E-state index contributed by atoms with van der Waals surface area (Å²) in [5.74, 6) is -1.07. The number of hydrogen-bond acceptors (Lipinski definition) is 3. The molecule has 2 rings (SSSR count). The fraction of sp³-hybridized carbons (Fsp3) is 0.467. The first-order chi connectivity index (χ1) is 9.54. The number of thioether (sulfide) groups is 1. The number of nitrogens with zero attached hydrogens (tertiary/aromatic N) is 1. The molecule has 0 radical (unpaired) electrons. The van der Waals surface area contributed by atoms with E-state index in [2.05, 4.69) is 0 Å². The Hall–Kier alpha value is -1.49. The van der Waals surface area contributed by atoms with Gasteiger partial charge in [-0.25, -0.2) is 4.79 Å². The summed E-state index contributed by atoms with van der Waals surface area (Å²) < 4.78 is 0. The second-order valence-corrected chi connectivity index (χ2v) is 5.91. The first-order valence-corrected chi connectivity index (χ1v) is 7.95. The minimum absolute atomic E-state index is 0.162. The predicted octanol–water partition coefficient (Wildman–Crippen LogP) is 2.80. The third-order valence-corrected chi connectivity index (χ3v) is 4.45. The van der Waals surface area contributed by atoms with Gasteiger partial charge >= 0.3 is 5.97 Å². The smallest absolute Gasteiger partial charge is 0.326 e. The molecule has 1 aliphatic heterocycles. The SMILES string of the molecule is CSc1ccc(C)c(C(=O)N2CCCCC2C(=O)O)c1. The lowest BCUT2D eigenvalue weighted by Crippen LogP contribution is -2.48. The summed E-state index contributed by atoms with van der Waals surface area (Å²) in [5.41, 5.74) is 1.51. The van der Waals surface area contributed by atoms with Crippen LogP contribution in [-0.2, 0) is 4.79 Å². The molecule has 1 amide bonds. The molecule has 4 nitrogen and oxygen atoms in total. The van der Waals surface area contributed by atoms with E-state index in [0.717, 1.165) is 23.3 Å². The molecule has 1 heterocycles. The van der Waals surface area contributed by atoms with Crippen molar-refractivity contribution >= 4 is 23.6 Å². The lowest BCUT2D eigenvalue weighted by atomic mass is 9.99. The first-order valence-electron chi connectivity index (χ1n) is 6.73. The van der Waals surface area contributed by atoms with Gasteiger partial charge in [0.1, 0.15) is 6.04 Å². The van der Waals surface area contributed by atoms with Gasteiger partial charge in [0.2, 0.25) is 0 Å². The number of benzene rings is 1. The summed E-state index contributed by atoms with van der Waals surface area (Å²) in [6, 6.07) is 5.06.